The van der Waals surface area contributed by atoms with E-state index in [2.05, 4.69) is 18.2 Å². The molecule has 1 nitrogen and oxygen atoms in total. The molecule has 0 amide bonds. The summed E-state index contributed by atoms with van der Waals surface area (Å²) >= 11 is 7.38. The molecule has 2 N–H and O–H groups in total. The number of hydrogen-bond donors (Lipinski definition) is 1. The summed E-state index contributed by atoms with van der Waals surface area (Å²) in [6.07, 6.45) is 0. The summed E-state index contributed by atoms with van der Waals surface area (Å²) in [6, 6.07) is 8.42. The van der Waals surface area contributed by atoms with Gasteiger partial charge in [0.05, 0.1) is 0 Å². The Balaban J connectivity index is 2.66. The Morgan fingerprint density at radius 2 is 2.33 bits per heavy atom. The summed E-state index contributed by atoms with van der Waals surface area (Å²) < 4.78 is 0. The van der Waals surface area contributed by atoms with Crippen molar-refractivity contribution < 1.29 is 0 Å². The standard InChI is InChI=1S/C12H16ClNS/c1-9(7-13)8-15-12-5-3-4-11(6-12)10(2)14/h3-7,10H,8,14H2,1-2H3/b9-7+. The molecule has 0 aliphatic carbocycles. The van der Waals surface area contributed by atoms with Crippen LogP contribution in [0.1, 0.15) is 25.5 Å². The van der Waals surface area contributed by atoms with E-state index in [1.807, 2.05) is 19.9 Å². The van der Waals surface area contributed by atoms with Crippen molar-refractivity contribution in [2.24, 2.45) is 5.73 Å². The average Bonchev–Trinajstić information content (AvgIpc) is 2.26. The van der Waals surface area contributed by atoms with Gasteiger partial charge in [-0.1, -0.05) is 29.3 Å². The van der Waals surface area contributed by atoms with Crippen LogP contribution in [0.4, 0.5) is 0 Å². The number of nitrogens with two attached hydrogens (primary N) is 1. The molecule has 1 rings (SSSR count). The molecule has 0 spiro atoms. The largest absolute Gasteiger partial charge is 0.324 e. The minimum absolute atomic E-state index is 0.0928. The third-order valence-electron chi connectivity index (χ3n) is 2.04. The number of halogens is 1. The van der Waals surface area contributed by atoms with Crippen LogP contribution in [0.5, 0.6) is 0 Å². The number of benzene rings is 1. The van der Waals surface area contributed by atoms with Crippen LogP contribution in [-0.2, 0) is 0 Å². The van der Waals surface area contributed by atoms with Crippen LogP contribution in [0.3, 0.4) is 0 Å². The normalized spacial score (nSPS) is 14.0. The smallest absolute Gasteiger partial charge is 0.0266 e. The molecule has 0 aliphatic rings. The number of thioether (sulfide) groups is 1. The highest BCUT2D eigenvalue weighted by Crippen LogP contribution is 2.23. The molecule has 0 fully saturated rings. The van der Waals surface area contributed by atoms with Crippen molar-refractivity contribution in [3.05, 3.63) is 40.9 Å². The lowest BCUT2D eigenvalue weighted by molar-refractivity contribution is 0.815. The highest BCUT2D eigenvalue weighted by atomic mass is 35.5. The fourth-order valence-corrected chi connectivity index (χ4v) is 2.16. The molecule has 0 radical (unpaired) electrons. The lowest BCUT2D eigenvalue weighted by Crippen LogP contribution is -2.04. The van der Waals surface area contributed by atoms with E-state index in [9.17, 15) is 0 Å². The van der Waals surface area contributed by atoms with Gasteiger partial charge < -0.3 is 5.73 Å². The van der Waals surface area contributed by atoms with E-state index in [0.29, 0.717) is 0 Å². The Bertz CT molecular complexity index is 347. The van der Waals surface area contributed by atoms with Crippen LogP contribution >= 0.6 is 23.4 Å². The highest BCUT2D eigenvalue weighted by molar-refractivity contribution is 7.99. The lowest BCUT2D eigenvalue weighted by atomic mass is 10.1. The first-order valence-corrected chi connectivity index (χ1v) is 6.30. The molecular weight excluding hydrogens is 226 g/mol. The molecule has 82 valence electrons. The SMILES string of the molecule is C/C(=C\Cl)CSc1cccc(C(C)N)c1. The summed E-state index contributed by atoms with van der Waals surface area (Å²) in [4.78, 5) is 1.24. The van der Waals surface area contributed by atoms with E-state index in [4.69, 9.17) is 17.3 Å². The van der Waals surface area contributed by atoms with Crippen LogP contribution in [0.25, 0.3) is 0 Å². The maximum absolute atomic E-state index is 5.82. The molecule has 15 heavy (non-hydrogen) atoms. The summed E-state index contributed by atoms with van der Waals surface area (Å²) in [5.74, 6) is 0.923. The highest BCUT2D eigenvalue weighted by Gasteiger charge is 2.01. The van der Waals surface area contributed by atoms with Gasteiger partial charge in [0.25, 0.3) is 0 Å². The second-order valence-electron chi connectivity index (χ2n) is 3.61. The third kappa shape index (κ3) is 4.29. The molecule has 0 aliphatic heterocycles. The van der Waals surface area contributed by atoms with Gasteiger partial charge in [-0.25, -0.2) is 0 Å². The van der Waals surface area contributed by atoms with Crippen molar-refractivity contribution in [1.29, 1.82) is 0 Å². The zero-order chi connectivity index (χ0) is 11.3. The van der Waals surface area contributed by atoms with Crippen molar-refractivity contribution in [2.45, 2.75) is 24.8 Å². The van der Waals surface area contributed by atoms with Gasteiger partial charge in [-0.3, -0.25) is 0 Å². The van der Waals surface area contributed by atoms with Gasteiger partial charge in [0.15, 0.2) is 0 Å². The second-order valence-corrected chi connectivity index (χ2v) is 4.87. The molecule has 0 heterocycles. The molecular formula is C12H16ClNS. The van der Waals surface area contributed by atoms with E-state index >= 15 is 0 Å². The van der Waals surface area contributed by atoms with Gasteiger partial charge in [0.1, 0.15) is 0 Å². The zero-order valence-electron chi connectivity index (χ0n) is 9.03. The molecule has 1 aromatic carbocycles. The van der Waals surface area contributed by atoms with Crippen LogP contribution in [0.15, 0.2) is 40.3 Å². The van der Waals surface area contributed by atoms with Crippen LogP contribution < -0.4 is 5.73 Å². The van der Waals surface area contributed by atoms with E-state index < -0.39 is 0 Å². The Kier molecular flexibility index (Phi) is 5.23. The van der Waals surface area contributed by atoms with Crippen LogP contribution in [-0.4, -0.2) is 5.75 Å². The Hall–Kier alpha value is -0.440. The Morgan fingerprint density at radius 1 is 1.60 bits per heavy atom. The summed E-state index contributed by atoms with van der Waals surface area (Å²) in [5, 5.41) is 0. The first-order chi connectivity index (χ1) is 7.13. The summed E-state index contributed by atoms with van der Waals surface area (Å²) in [7, 11) is 0. The maximum atomic E-state index is 5.82. The van der Waals surface area contributed by atoms with Gasteiger partial charge in [-0.05, 0) is 31.5 Å². The molecule has 0 saturated heterocycles. The molecule has 0 bridgehead atoms. The fraction of sp³-hybridized carbons (Fsp3) is 0.333. The van der Waals surface area contributed by atoms with Gasteiger partial charge in [-0.2, -0.15) is 0 Å². The summed E-state index contributed by atoms with van der Waals surface area (Å²) in [6.45, 7) is 4.02. The first kappa shape index (κ1) is 12.6. The van der Waals surface area contributed by atoms with Gasteiger partial charge in [0, 0.05) is 22.2 Å². The van der Waals surface area contributed by atoms with Gasteiger partial charge in [0.2, 0.25) is 0 Å². The predicted molar refractivity (Wildman–Crippen MR) is 69.4 cm³/mol. The fourth-order valence-electron chi connectivity index (χ4n) is 1.12. The van der Waals surface area contributed by atoms with Crippen LogP contribution in [0, 0.1) is 0 Å². The van der Waals surface area contributed by atoms with E-state index in [1.54, 1.807) is 17.3 Å². The number of rotatable bonds is 4. The molecule has 0 saturated carbocycles. The molecule has 0 aromatic heterocycles. The minimum Gasteiger partial charge on any atom is -0.324 e. The van der Waals surface area contributed by atoms with Crippen molar-refractivity contribution in [1.82, 2.24) is 0 Å². The maximum Gasteiger partial charge on any atom is 0.0266 e. The van der Waals surface area contributed by atoms with Gasteiger partial charge in [-0.15, -0.1) is 11.8 Å². The second kappa shape index (κ2) is 6.21. The lowest BCUT2D eigenvalue weighted by Gasteiger charge is -2.07. The molecule has 3 heteroatoms. The van der Waals surface area contributed by atoms with Crippen molar-refractivity contribution in [3.63, 3.8) is 0 Å². The summed E-state index contributed by atoms with van der Waals surface area (Å²) in [5.41, 5.74) is 9.80. The van der Waals surface area contributed by atoms with E-state index in [-0.39, 0.29) is 6.04 Å². The minimum atomic E-state index is 0.0928. The average molecular weight is 242 g/mol. The zero-order valence-corrected chi connectivity index (χ0v) is 10.6. The van der Waals surface area contributed by atoms with Crippen molar-refractivity contribution >= 4 is 23.4 Å². The number of hydrogen-bond acceptors (Lipinski definition) is 2. The Labute approximate surface area is 101 Å². The van der Waals surface area contributed by atoms with Gasteiger partial charge >= 0.3 is 0 Å². The quantitative estimate of drug-likeness (QED) is 0.808. The van der Waals surface area contributed by atoms with E-state index in [0.717, 1.165) is 5.75 Å². The predicted octanol–water partition coefficient (Wildman–Crippen LogP) is 3.94. The van der Waals surface area contributed by atoms with Crippen LogP contribution in [0.2, 0.25) is 0 Å². The first-order valence-electron chi connectivity index (χ1n) is 4.87. The third-order valence-corrected chi connectivity index (χ3v) is 3.60. The molecule has 1 atom stereocenters. The topological polar surface area (TPSA) is 26.0 Å². The monoisotopic (exact) mass is 241 g/mol. The van der Waals surface area contributed by atoms with E-state index in [1.165, 1.54) is 16.0 Å². The van der Waals surface area contributed by atoms with Crippen molar-refractivity contribution in [3.8, 4) is 0 Å². The van der Waals surface area contributed by atoms with Crippen molar-refractivity contribution in [2.75, 3.05) is 5.75 Å². The molecule has 1 aromatic rings. The molecule has 1 unspecified atom stereocenters. The Morgan fingerprint density at radius 3 is 2.93 bits per heavy atom.